The van der Waals surface area contributed by atoms with E-state index in [-0.39, 0.29) is 0 Å². The van der Waals surface area contributed by atoms with Gasteiger partial charge in [0.2, 0.25) is 0 Å². The fraction of sp³-hybridized carbons (Fsp3) is 0.600. The molecule has 1 fully saturated rings. The molecule has 1 aliphatic rings. The average molecular weight is 217 g/mol. The summed E-state index contributed by atoms with van der Waals surface area (Å²) in [6.45, 7) is 5.46. The molecule has 0 heterocycles. The van der Waals surface area contributed by atoms with E-state index in [4.69, 9.17) is 0 Å². The van der Waals surface area contributed by atoms with E-state index >= 15 is 0 Å². The molecule has 16 heavy (non-hydrogen) atoms. The Morgan fingerprint density at radius 1 is 1.12 bits per heavy atom. The summed E-state index contributed by atoms with van der Waals surface area (Å²) in [5.41, 5.74) is 4.32. The van der Waals surface area contributed by atoms with Crippen LogP contribution in [0.25, 0.3) is 0 Å². The van der Waals surface area contributed by atoms with E-state index in [9.17, 15) is 0 Å². The van der Waals surface area contributed by atoms with Gasteiger partial charge in [-0.15, -0.1) is 0 Å². The molecule has 0 bridgehead atoms. The maximum atomic E-state index is 3.71. The third kappa shape index (κ3) is 2.85. The highest BCUT2D eigenvalue weighted by Gasteiger charge is 2.12. The molecule has 1 aliphatic carbocycles. The molecule has 0 atom stereocenters. The van der Waals surface area contributed by atoms with Crippen molar-refractivity contribution in [3.05, 3.63) is 34.9 Å². The van der Waals surface area contributed by atoms with Crippen LogP contribution < -0.4 is 5.32 Å². The van der Waals surface area contributed by atoms with Crippen LogP contribution in [0, 0.1) is 13.8 Å². The monoisotopic (exact) mass is 217 g/mol. The molecule has 0 aliphatic heterocycles. The third-order valence-corrected chi connectivity index (χ3v) is 3.90. The van der Waals surface area contributed by atoms with Gasteiger partial charge in [0, 0.05) is 12.6 Å². The van der Waals surface area contributed by atoms with Crippen LogP contribution in [-0.2, 0) is 6.54 Å². The van der Waals surface area contributed by atoms with Crippen molar-refractivity contribution in [2.45, 2.75) is 58.5 Å². The van der Waals surface area contributed by atoms with Crippen molar-refractivity contribution < 1.29 is 0 Å². The minimum absolute atomic E-state index is 0.758. The molecule has 88 valence electrons. The van der Waals surface area contributed by atoms with Crippen molar-refractivity contribution >= 4 is 0 Å². The Morgan fingerprint density at radius 3 is 2.62 bits per heavy atom. The lowest BCUT2D eigenvalue weighted by Crippen LogP contribution is -2.30. The Morgan fingerprint density at radius 2 is 1.88 bits per heavy atom. The van der Waals surface area contributed by atoms with E-state index in [1.54, 1.807) is 0 Å². The second-order valence-corrected chi connectivity index (χ2v) is 5.07. The van der Waals surface area contributed by atoms with Gasteiger partial charge in [0.25, 0.3) is 0 Å². The Labute approximate surface area is 99.3 Å². The zero-order valence-electron chi connectivity index (χ0n) is 10.6. The summed E-state index contributed by atoms with van der Waals surface area (Å²) in [6.07, 6.45) is 6.98. The topological polar surface area (TPSA) is 12.0 Å². The normalized spacial score (nSPS) is 17.6. The smallest absolute Gasteiger partial charge is 0.0210 e. The molecule has 0 spiro atoms. The van der Waals surface area contributed by atoms with Crippen molar-refractivity contribution in [1.29, 1.82) is 0 Å². The second kappa shape index (κ2) is 5.49. The molecule has 0 aromatic heterocycles. The first-order valence-electron chi connectivity index (χ1n) is 6.56. The fourth-order valence-corrected chi connectivity index (χ4v) is 2.56. The number of nitrogens with one attached hydrogen (secondary N) is 1. The summed E-state index contributed by atoms with van der Waals surface area (Å²) >= 11 is 0. The van der Waals surface area contributed by atoms with Crippen molar-refractivity contribution in [3.8, 4) is 0 Å². The predicted molar refractivity (Wildman–Crippen MR) is 69.6 cm³/mol. The van der Waals surface area contributed by atoms with Gasteiger partial charge in [-0.2, -0.15) is 0 Å². The van der Waals surface area contributed by atoms with E-state index in [0.29, 0.717) is 0 Å². The van der Waals surface area contributed by atoms with Crippen molar-refractivity contribution in [1.82, 2.24) is 5.32 Å². The summed E-state index contributed by atoms with van der Waals surface area (Å²) < 4.78 is 0. The van der Waals surface area contributed by atoms with Crippen LogP contribution in [0.3, 0.4) is 0 Å². The maximum absolute atomic E-state index is 3.71. The first-order valence-corrected chi connectivity index (χ1v) is 6.56. The summed E-state index contributed by atoms with van der Waals surface area (Å²) in [7, 11) is 0. The van der Waals surface area contributed by atoms with Gasteiger partial charge in [-0.3, -0.25) is 0 Å². The van der Waals surface area contributed by atoms with E-state index in [2.05, 4.69) is 37.4 Å². The lowest BCUT2D eigenvalue weighted by molar-refractivity contribution is 0.372. The Balaban J connectivity index is 1.91. The highest BCUT2D eigenvalue weighted by molar-refractivity contribution is 5.32. The van der Waals surface area contributed by atoms with Crippen molar-refractivity contribution in [2.75, 3.05) is 0 Å². The second-order valence-electron chi connectivity index (χ2n) is 5.07. The standard InChI is InChI=1S/C15H23N/c1-12-7-6-8-14(13(12)2)11-16-15-9-4-3-5-10-15/h6-8,15-16H,3-5,9-11H2,1-2H3. The van der Waals surface area contributed by atoms with Gasteiger partial charge >= 0.3 is 0 Å². The number of aryl methyl sites for hydroxylation is 1. The lowest BCUT2D eigenvalue weighted by atomic mass is 9.95. The number of benzene rings is 1. The number of hydrogen-bond acceptors (Lipinski definition) is 1. The molecule has 1 aromatic rings. The molecular formula is C15H23N. The summed E-state index contributed by atoms with van der Waals surface area (Å²) in [5, 5.41) is 3.71. The molecule has 0 unspecified atom stereocenters. The van der Waals surface area contributed by atoms with Crippen LogP contribution in [0.1, 0.15) is 48.8 Å². The molecule has 1 N–H and O–H groups in total. The number of hydrogen-bond donors (Lipinski definition) is 1. The van der Waals surface area contributed by atoms with Crippen molar-refractivity contribution in [2.24, 2.45) is 0 Å². The fourth-order valence-electron chi connectivity index (χ4n) is 2.56. The van der Waals surface area contributed by atoms with Gasteiger partial charge in [-0.25, -0.2) is 0 Å². The van der Waals surface area contributed by atoms with E-state index in [0.717, 1.165) is 12.6 Å². The van der Waals surface area contributed by atoms with E-state index in [1.807, 2.05) is 0 Å². The zero-order valence-corrected chi connectivity index (χ0v) is 10.6. The maximum Gasteiger partial charge on any atom is 0.0210 e. The lowest BCUT2D eigenvalue weighted by Gasteiger charge is -2.23. The summed E-state index contributed by atoms with van der Waals surface area (Å²) in [6, 6.07) is 7.37. The quantitative estimate of drug-likeness (QED) is 0.813. The molecule has 1 aromatic carbocycles. The van der Waals surface area contributed by atoms with Crippen LogP contribution in [0.4, 0.5) is 0 Å². The van der Waals surface area contributed by atoms with Crippen LogP contribution in [0.15, 0.2) is 18.2 Å². The first-order chi connectivity index (χ1) is 7.77. The average Bonchev–Trinajstić information content (AvgIpc) is 2.32. The first kappa shape index (κ1) is 11.7. The Hall–Kier alpha value is -0.820. The SMILES string of the molecule is Cc1cccc(CNC2CCCCC2)c1C. The van der Waals surface area contributed by atoms with Gasteiger partial charge in [0.1, 0.15) is 0 Å². The molecule has 2 rings (SSSR count). The summed E-state index contributed by atoms with van der Waals surface area (Å²) in [4.78, 5) is 0. The van der Waals surface area contributed by atoms with Gasteiger partial charge in [0.15, 0.2) is 0 Å². The van der Waals surface area contributed by atoms with Gasteiger partial charge in [-0.05, 0) is 43.4 Å². The summed E-state index contributed by atoms with van der Waals surface area (Å²) in [5.74, 6) is 0. The zero-order chi connectivity index (χ0) is 11.4. The van der Waals surface area contributed by atoms with Crippen LogP contribution in [0.5, 0.6) is 0 Å². The molecule has 0 saturated heterocycles. The molecular weight excluding hydrogens is 194 g/mol. The minimum atomic E-state index is 0.758. The van der Waals surface area contributed by atoms with E-state index in [1.165, 1.54) is 48.8 Å². The number of rotatable bonds is 3. The molecule has 1 nitrogen and oxygen atoms in total. The molecule has 0 radical (unpaired) electrons. The third-order valence-electron chi connectivity index (χ3n) is 3.90. The Kier molecular flexibility index (Phi) is 4.00. The van der Waals surface area contributed by atoms with E-state index < -0.39 is 0 Å². The van der Waals surface area contributed by atoms with Crippen LogP contribution in [-0.4, -0.2) is 6.04 Å². The molecule has 0 amide bonds. The Bertz CT molecular complexity index is 337. The molecule has 1 saturated carbocycles. The minimum Gasteiger partial charge on any atom is -0.310 e. The highest BCUT2D eigenvalue weighted by Crippen LogP contribution is 2.19. The van der Waals surface area contributed by atoms with Crippen LogP contribution in [0.2, 0.25) is 0 Å². The van der Waals surface area contributed by atoms with Gasteiger partial charge in [-0.1, -0.05) is 37.5 Å². The van der Waals surface area contributed by atoms with Gasteiger partial charge in [0.05, 0.1) is 0 Å². The van der Waals surface area contributed by atoms with Crippen LogP contribution >= 0.6 is 0 Å². The largest absolute Gasteiger partial charge is 0.310 e. The van der Waals surface area contributed by atoms with Crippen molar-refractivity contribution in [3.63, 3.8) is 0 Å². The van der Waals surface area contributed by atoms with Gasteiger partial charge < -0.3 is 5.32 Å². The highest BCUT2D eigenvalue weighted by atomic mass is 14.9. The molecule has 1 heteroatoms. The predicted octanol–water partition coefficient (Wildman–Crippen LogP) is 3.73.